The fourth-order valence-corrected chi connectivity index (χ4v) is 0.358. The number of aromatic nitrogens is 2. The summed E-state index contributed by atoms with van der Waals surface area (Å²) in [5.41, 5.74) is -0.603. The Balaban J connectivity index is 0.000000640. The van der Waals surface area contributed by atoms with Crippen molar-refractivity contribution in [3.63, 3.8) is 0 Å². The molecule has 0 amide bonds. The first-order chi connectivity index (χ1) is 3.79. The molecule has 0 bridgehead atoms. The van der Waals surface area contributed by atoms with Crippen LogP contribution in [0.3, 0.4) is 0 Å². The molecule has 42 valence electrons. The van der Waals surface area contributed by atoms with Crippen molar-refractivity contribution < 1.29 is 51.4 Å². The first-order valence-corrected chi connectivity index (χ1v) is 2.07. The van der Waals surface area contributed by atoms with Crippen molar-refractivity contribution in [1.29, 1.82) is 0 Å². The summed E-state index contributed by atoms with van der Waals surface area (Å²) in [4.78, 5) is 20.4. The average molecular weight is 151 g/mol. The second-order valence-corrected chi connectivity index (χ2v) is 1.31. The molecule has 0 aliphatic rings. The Kier molecular flexibility index (Phi) is 4.33. The van der Waals surface area contributed by atoms with Crippen LogP contribution in [0, 0.1) is 0 Å². The summed E-state index contributed by atoms with van der Waals surface area (Å²) in [6.45, 7) is 0. The Morgan fingerprint density at radius 2 is 1.33 bits per heavy atom. The first kappa shape index (κ1) is 9.32. The number of aromatic amines is 2. The predicted molar refractivity (Wildman–Crippen MR) is 27.7 cm³/mol. The van der Waals surface area contributed by atoms with Gasteiger partial charge in [0.2, 0.25) is 0 Å². The minimum atomic E-state index is -0.301. The van der Waals surface area contributed by atoms with Crippen LogP contribution in [0.15, 0.2) is 21.7 Å². The van der Waals surface area contributed by atoms with Crippen LogP contribution in [0.4, 0.5) is 0 Å². The van der Waals surface area contributed by atoms with E-state index in [4.69, 9.17) is 0 Å². The molecule has 0 unspecified atom stereocenters. The molecule has 0 aliphatic carbocycles. The van der Waals surface area contributed by atoms with Crippen molar-refractivity contribution in [3.8, 4) is 0 Å². The molecule has 0 atom stereocenters. The molecule has 0 saturated heterocycles. The Morgan fingerprint density at radius 1 is 1.00 bits per heavy atom. The van der Waals surface area contributed by atoms with E-state index < -0.39 is 0 Å². The average Bonchev–Trinajstić information content (AvgIpc) is 1.77. The molecular weight excluding hydrogens is 147 g/mol. The third kappa shape index (κ3) is 3.12. The van der Waals surface area contributed by atoms with Gasteiger partial charge in [-0.15, -0.1) is 0 Å². The molecule has 5 heteroatoms. The zero-order chi connectivity index (χ0) is 5.98. The van der Waals surface area contributed by atoms with Crippen molar-refractivity contribution >= 4 is 0 Å². The number of H-pyrrole nitrogens is 2. The fraction of sp³-hybridized carbons (Fsp3) is 0. The summed E-state index contributed by atoms with van der Waals surface area (Å²) in [5.74, 6) is 0. The Bertz CT molecular complexity index is 224. The molecule has 4 nitrogen and oxygen atoms in total. The van der Waals surface area contributed by atoms with Crippen LogP contribution in [0.1, 0.15) is 0 Å². The molecular formula is C4H4KN2O2+. The minimum absolute atomic E-state index is 0. The van der Waals surface area contributed by atoms with Crippen molar-refractivity contribution in [1.82, 2.24) is 10.2 Å². The van der Waals surface area contributed by atoms with Crippen LogP contribution >= 0.6 is 0 Å². The zero-order valence-corrected chi connectivity index (χ0v) is 8.09. The molecule has 1 aromatic rings. The maximum atomic E-state index is 10.2. The van der Waals surface area contributed by atoms with Crippen LogP contribution in [-0.2, 0) is 0 Å². The van der Waals surface area contributed by atoms with Crippen LogP contribution in [0.2, 0.25) is 0 Å². The van der Waals surface area contributed by atoms with Gasteiger partial charge < -0.3 is 0 Å². The molecule has 0 spiro atoms. The van der Waals surface area contributed by atoms with Gasteiger partial charge in [-0.05, 0) is 0 Å². The minimum Gasteiger partial charge on any atom is -0.268 e. The van der Waals surface area contributed by atoms with Gasteiger partial charge in [0.1, 0.15) is 0 Å². The summed E-state index contributed by atoms with van der Waals surface area (Å²) >= 11 is 0. The van der Waals surface area contributed by atoms with Gasteiger partial charge in [0.05, 0.1) is 0 Å². The van der Waals surface area contributed by atoms with E-state index in [1.165, 1.54) is 12.1 Å². The molecule has 1 heterocycles. The summed E-state index contributed by atoms with van der Waals surface area (Å²) in [6.07, 6.45) is 0. The SMILES string of the molecule is O=c1ccc(=O)[nH][nH]1.[K+]. The largest absolute Gasteiger partial charge is 1.00 e. The van der Waals surface area contributed by atoms with Crippen molar-refractivity contribution in [2.24, 2.45) is 0 Å². The van der Waals surface area contributed by atoms with Crippen LogP contribution in [0.25, 0.3) is 0 Å². The van der Waals surface area contributed by atoms with Crippen LogP contribution in [-0.4, -0.2) is 10.2 Å². The molecule has 0 aliphatic heterocycles. The molecule has 0 fully saturated rings. The van der Waals surface area contributed by atoms with E-state index in [9.17, 15) is 9.59 Å². The van der Waals surface area contributed by atoms with Gasteiger partial charge in [-0.2, -0.15) is 0 Å². The predicted octanol–water partition coefficient (Wildman–Crippen LogP) is -3.93. The van der Waals surface area contributed by atoms with E-state index in [-0.39, 0.29) is 62.5 Å². The van der Waals surface area contributed by atoms with Gasteiger partial charge in [0, 0.05) is 12.1 Å². The first-order valence-electron chi connectivity index (χ1n) is 2.07. The molecule has 1 rings (SSSR count). The number of hydrogen-bond donors (Lipinski definition) is 2. The molecule has 0 radical (unpaired) electrons. The van der Waals surface area contributed by atoms with E-state index in [0.717, 1.165) is 0 Å². The normalized spacial score (nSPS) is 8.00. The summed E-state index contributed by atoms with van der Waals surface area (Å²) in [5, 5.41) is 4.21. The topological polar surface area (TPSA) is 65.7 Å². The van der Waals surface area contributed by atoms with Gasteiger partial charge in [-0.1, -0.05) is 0 Å². The van der Waals surface area contributed by atoms with Gasteiger partial charge in [-0.3, -0.25) is 19.8 Å². The summed E-state index contributed by atoms with van der Waals surface area (Å²) in [6, 6.07) is 2.33. The second-order valence-electron chi connectivity index (χ2n) is 1.31. The zero-order valence-electron chi connectivity index (χ0n) is 4.97. The van der Waals surface area contributed by atoms with Crippen LogP contribution in [0.5, 0.6) is 0 Å². The fourth-order valence-electron chi connectivity index (χ4n) is 0.358. The summed E-state index contributed by atoms with van der Waals surface area (Å²) in [7, 11) is 0. The monoisotopic (exact) mass is 151 g/mol. The standard InChI is InChI=1S/C4H4N2O2.K/c7-3-1-2-4(8)6-5-3;/h1-2H,(H,5,7)(H,6,8);/q;+1. The summed E-state index contributed by atoms with van der Waals surface area (Å²) < 4.78 is 0. The number of hydrogen-bond acceptors (Lipinski definition) is 2. The van der Waals surface area contributed by atoms with E-state index in [2.05, 4.69) is 10.2 Å². The van der Waals surface area contributed by atoms with Gasteiger partial charge >= 0.3 is 51.4 Å². The second kappa shape index (κ2) is 4.18. The smallest absolute Gasteiger partial charge is 0.268 e. The van der Waals surface area contributed by atoms with E-state index in [0.29, 0.717) is 0 Å². The number of rotatable bonds is 0. The van der Waals surface area contributed by atoms with Crippen LogP contribution < -0.4 is 62.5 Å². The van der Waals surface area contributed by atoms with Crippen molar-refractivity contribution in [2.45, 2.75) is 0 Å². The van der Waals surface area contributed by atoms with E-state index in [1.807, 2.05) is 0 Å². The Labute approximate surface area is 93.1 Å². The molecule has 0 saturated carbocycles. The van der Waals surface area contributed by atoms with Crippen molar-refractivity contribution in [3.05, 3.63) is 32.8 Å². The van der Waals surface area contributed by atoms with Crippen molar-refractivity contribution in [2.75, 3.05) is 0 Å². The van der Waals surface area contributed by atoms with Gasteiger partial charge in [0.15, 0.2) is 0 Å². The van der Waals surface area contributed by atoms with E-state index >= 15 is 0 Å². The maximum Gasteiger partial charge on any atom is 1.00 e. The number of nitrogens with one attached hydrogen (secondary N) is 2. The third-order valence-electron chi connectivity index (χ3n) is 0.695. The Morgan fingerprint density at radius 3 is 1.56 bits per heavy atom. The van der Waals surface area contributed by atoms with E-state index in [1.54, 1.807) is 0 Å². The van der Waals surface area contributed by atoms with Gasteiger partial charge in [0.25, 0.3) is 11.1 Å². The molecule has 1 aromatic heterocycles. The molecule has 0 aromatic carbocycles. The molecule has 9 heavy (non-hydrogen) atoms. The quantitative estimate of drug-likeness (QED) is 0.372. The Hall–Kier alpha value is 0.316. The molecule has 2 N–H and O–H groups in total. The van der Waals surface area contributed by atoms with Gasteiger partial charge in [-0.25, -0.2) is 0 Å². The third-order valence-corrected chi connectivity index (χ3v) is 0.695. The maximum absolute atomic E-state index is 10.2.